The average Bonchev–Trinajstić information content (AvgIpc) is 2.54. The van der Waals surface area contributed by atoms with Crippen LogP contribution in [0.15, 0.2) is 24.3 Å². The first-order chi connectivity index (χ1) is 10.6. The summed E-state index contributed by atoms with van der Waals surface area (Å²) in [6.45, 7) is 6.94. The maximum atomic E-state index is 13.0. The minimum atomic E-state index is -0.205. The molecule has 1 fully saturated rings. The topological polar surface area (TPSA) is 26.8 Å². The third kappa shape index (κ3) is 4.70. The van der Waals surface area contributed by atoms with Gasteiger partial charge in [-0.2, -0.15) is 0 Å². The lowest BCUT2D eigenvalue weighted by molar-refractivity contribution is -0.131. The van der Waals surface area contributed by atoms with E-state index in [2.05, 4.69) is 16.7 Å². The van der Waals surface area contributed by atoms with Crippen LogP contribution in [0, 0.1) is 5.82 Å². The smallest absolute Gasteiger partial charge is 0.236 e. The van der Waals surface area contributed by atoms with E-state index in [1.807, 2.05) is 24.1 Å². The van der Waals surface area contributed by atoms with Gasteiger partial charge in [-0.25, -0.2) is 4.39 Å². The number of unbranched alkanes of at least 4 members (excludes halogenated alkanes) is 1. The molecule has 0 saturated carbocycles. The van der Waals surface area contributed by atoms with E-state index >= 15 is 0 Å². The first-order valence-corrected chi connectivity index (χ1v) is 8.07. The summed E-state index contributed by atoms with van der Waals surface area (Å²) in [5.41, 5.74) is 1.05. The first-order valence-electron chi connectivity index (χ1n) is 8.07. The van der Waals surface area contributed by atoms with E-state index in [1.165, 1.54) is 12.1 Å². The monoisotopic (exact) mass is 307 g/mol. The SMILES string of the molecule is CCCCN(C)C(=O)CN1CCN(c2ccc(F)cc2)CC1. The number of anilines is 1. The Hall–Kier alpha value is -1.62. The zero-order valence-electron chi connectivity index (χ0n) is 13.6. The van der Waals surface area contributed by atoms with Gasteiger partial charge in [0, 0.05) is 45.5 Å². The second kappa shape index (κ2) is 8.13. The highest BCUT2D eigenvalue weighted by Gasteiger charge is 2.20. The Labute approximate surface area is 132 Å². The zero-order chi connectivity index (χ0) is 15.9. The molecule has 0 N–H and O–H groups in total. The predicted octanol–water partition coefficient (Wildman–Crippen LogP) is 2.21. The summed E-state index contributed by atoms with van der Waals surface area (Å²) < 4.78 is 13.0. The van der Waals surface area contributed by atoms with E-state index in [0.717, 1.165) is 51.3 Å². The Bertz CT molecular complexity index is 469. The Balaban J connectivity index is 1.77. The molecule has 22 heavy (non-hydrogen) atoms. The lowest BCUT2D eigenvalue weighted by Crippen LogP contribution is -2.49. The van der Waals surface area contributed by atoms with Crippen molar-refractivity contribution < 1.29 is 9.18 Å². The van der Waals surface area contributed by atoms with Crippen LogP contribution >= 0.6 is 0 Å². The van der Waals surface area contributed by atoms with Crippen LogP contribution in [0.4, 0.5) is 10.1 Å². The minimum absolute atomic E-state index is 0.198. The molecule has 1 saturated heterocycles. The van der Waals surface area contributed by atoms with Gasteiger partial charge >= 0.3 is 0 Å². The molecular weight excluding hydrogens is 281 g/mol. The van der Waals surface area contributed by atoms with Gasteiger partial charge in [0.25, 0.3) is 0 Å². The van der Waals surface area contributed by atoms with Gasteiger partial charge in [-0.15, -0.1) is 0 Å². The van der Waals surface area contributed by atoms with Crippen LogP contribution in [0.25, 0.3) is 0 Å². The Kier molecular flexibility index (Phi) is 6.19. The van der Waals surface area contributed by atoms with Gasteiger partial charge < -0.3 is 9.80 Å². The Morgan fingerprint density at radius 3 is 2.41 bits per heavy atom. The van der Waals surface area contributed by atoms with Crippen molar-refractivity contribution >= 4 is 11.6 Å². The molecule has 0 atom stereocenters. The highest BCUT2D eigenvalue weighted by molar-refractivity contribution is 5.78. The Morgan fingerprint density at radius 2 is 1.82 bits per heavy atom. The fraction of sp³-hybridized carbons (Fsp3) is 0.588. The number of halogens is 1. The molecule has 1 aliphatic rings. The second-order valence-corrected chi connectivity index (χ2v) is 5.91. The molecule has 2 rings (SSSR count). The third-order valence-electron chi connectivity index (χ3n) is 4.20. The zero-order valence-corrected chi connectivity index (χ0v) is 13.6. The quantitative estimate of drug-likeness (QED) is 0.806. The van der Waals surface area contributed by atoms with Crippen molar-refractivity contribution in [2.45, 2.75) is 19.8 Å². The van der Waals surface area contributed by atoms with E-state index in [0.29, 0.717) is 6.54 Å². The molecule has 0 aliphatic carbocycles. The number of piperazine rings is 1. The summed E-state index contributed by atoms with van der Waals surface area (Å²) in [6.07, 6.45) is 2.16. The molecule has 0 aromatic heterocycles. The molecule has 0 spiro atoms. The van der Waals surface area contributed by atoms with Crippen LogP contribution in [0.3, 0.4) is 0 Å². The van der Waals surface area contributed by atoms with Crippen molar-refractivity contribution in [3.63, 3.8) is 0 Å². The number of carbonyl (C=O) groups excluding carboxylic acids is 1. The number of likely N-dealkylation sites (N-methyl/N-ethyl adjacent to an activating group) is 1. The summed E-state index contributed by atoms with van der Waals surface area (Å²) in [4.78, 5) is 18.4. The highest BCUT2D eigenvalue weighted by atomic mass is 19.1. The van der Waals surface area contributed by atoms with Gasteiger partial charge in [-0.1, -0.05) is 13.3 Å². The third-order valence-corrected chi connectivity index (χ3v) is 4.20. The van der Waals surface area contributed by atoms with Gasteiger partial charge in [-0.05, 0) is 30.7 Å². The van der Waals surface area contributed by atoms with Crippen LogP contribution in [0.5, 0.6) is 0 Å². The van der Waals surface area contributed by atoms with E-state index in [4.69, 9.17) is 0 Å². The number of amides is 1. The van der Waals surface area contributed by atoms with E-state index in [-0.39, 0.29) is 11.7 Å². The van der Waals surface area contributed by atoms with Gasteiger partial charge in [0.1, 0.15) is 5.82 Å². The molecular formula is C17H26FN3O. The molecule has 1 amide bonds. The van der Waals surface area contributed by atoms with Crippen molar-refractivity contribution in [3.05, 3.63) is 30.1 Å². The average molecular weight is 307 g/mol. The molecule has 4 nitrogen and oxygen atoms in total. The molecule has 0 unspecified atom stereocenters. The summed E-state index contributed by atoms with van der Waals surface area (Å²) in [5, 5.41) is 0. The van der Waals surface area contributed by atoms with Crippen molar-refractivity contribution in [3.8, 4) is 0 Å². The lowest BCUT2D eigenvalue weighted by atomic mass is 10.2. The molecule has 1 aromatic rings. The first kappa shape index (κ1) is 16.7. The maximum Gasteiger partial charge on any atom is 0.236 e. The van der Waals surface area contributed by atoms with Crippen molar-refractivity contribution in [1.29, 1.82) is 0 Å². The van der Waals surface area contributed by atoms with Crippen molar-refractivity contribution in [2.24, 2.45) is 0 Å². The number of rotatable bonds is 6. The van der Waals surface area contributed by atoms with E-state index < -0.39 is 0 Å². The van der Waals surface area contributed by atoms with Crippen LogP contribution in [0.1, 0.15) is 19.8 Å². The van der Waals surface area contributed by atoms with Gasteiger partial charge in [-0.3, -0.25) is 9.69 Å². The number of benzene rings is 1. The molecule has 5 heteroatoms. The Morgan fingerprint density at radius 1 is 1.18 bits per heavy atom. The van der Waals surface area contributed by atoms with Crippen LogP contribution < -0.4 is 4.90 Å². The largest absolute Gasteiger partial charge is 0.369 e. The standard InChI is InChI=1S/C17H26FN3O/c1-3-4-9-19(2)17(22)14-20-10-12-21(13-11-20)16-7-5-15(18)6-8-16/h5-8H,3-4,9-14H2,1-2H3. The number of nitrogens with zero attached hydrogens (tertiary/aromatic N) is 3. The maximum absolute atomic E-state index is 13.0. The van der Waals surface area contributed by atoms with Gasteiger partial charge in [0.15, 0.2) is 0 Å². The summed E-state index contributed by atoms with van der Waals surface area (Å²) in [5.74, 6) is -0.00761. The van der Waals surface area contributed by atoms with Crippen LogP contribution in [-0.2, 0) is 4.79 Å². The normalized spacial score (nSPS) is 15.9. The lowest BCUT2D eigenvalue weighted by Gasteiger charge is -2.36. The molecule has 0 radical (unpaired) electrons. The number of hydrogen-bond acceptors (Lipinski definition) is 3. The number of hydrogen-bond donors (Lipinski definition) is 0. The molecule has 1 aromatic carbocycles. The van der Waals surface area contributed by atoms with Crippen LogP contribution in [0.2, 0.25) is 0 Å². The summed E-state index contributed by atoms with van der Waals surface area (Å²) in [6, 6.07) is 6.62. The fourth-order valence-corrected chi connectivity index (χ4v) is 2.65. The molecule has 1 heterocycles. The molecule has 1 aliphatic heterocycles. The van der Waals surface area contributed by atoms with Crippen LogP contribution in [-0.4, -0.2) is 62.0 Å². The summed E-state index contributed by atoms with van der Waals surface area (Å²) >= 11 is 0. The van der Waals surface area contributed by atoms with E-state index in [1.54, 1.807) is 0 Å². The van der Waals surface area contributed by atoms with Gasteiger partial charge in [0.05, 0.1) is 6.54 Å². The molecule has 122 valence electrons. The highest BCUT2D eigenvalue weighted by Crippen LogP contribution is 2.16. The van der Waals surface area contributed by atoms with Crippen molar-refractivity contribution in [1.82, 2.24) is 9.80 Å². The van der Waals surface area contributed by atoms with E-state index in [9.17, 15) is 9.18 Å². The molecule has 0 bridgehead atoms. The fourth-order valence-electron chi connectivity index (χ4n) is 2.65. The van der Waals surface area contributed by atoms with Crippen molar-refractivity contribution in [2.75, 3.05) is 51.2 Å². The summed E-state index contributed by atoms with van der Waals surface area (Å²) in [7, 11) is 1.88. The second-order valence-electron chi connectivity index (χ2n) is 5.91. The van der Waals surface area contributed by atoms with Gasteiger partial charge in [0.2, 0.25) is 5.91 Å². The number of carbonyl (C=O) groups is 1. The predicted molar refractivity (Wildman–Crippen MR) is 87.6 cm³/mol. The minimum Gasteiger partial charge on any atom is -0.369 e.